The van der Waals surface area contributed by atoms with Crippen molar-refractivity contribution in [2.75, 3.05) is 24.6 Å². The smallest absolute Gasteiger partial charge is 0.282 e. The lowest BCUT2D eigenvalue weighted by Crippen LogP contribution is -2.48. The van der Waals surface area contributed by atoms with Crippen LogP contribution in [0.3, 0.4) is 0 Å². The lowest BCUT2D eigenvalue weighted by atomic mass is 10.1. The highest BCUT2D eigenvalue weighted by atomic mass is 35.5. The van der Waals surface area contributed by atoms with Crippen molar-refractivity contribution in [2.24, 2.45) is 0 Å². The second-order valence-corrected chi connectivity index (χ2v) is 5.26. The van der Waals surface area contributed by atoms with Crippen molar-refractivity contribution < 1.29 is 13.5 Å². The Kier molecular flexibility index (Phi) is 3.73. The molecule has 0 amide bonds. The topological polar surface area (TPSA) is 25.4 Å². The average molecular weight is 277 g/mol. The van der Waals surface area contributed by atoms with E-state index in [1.807, 2.05) is 18.7 Å². The largest absolute Gasteiger partial charge is 0.372 e. The van der Waals surface area contributed by atoms with Crippen LogP contribution in [0.5, 0.6) is 0 Å². The highest BCUT2D eigenvalue weighted by molar-refractivity contribution is 6.29. The van der Waals surface area contributed by atoms with Gasteiger partial charge in [0.25, 0.3) is 6.43 Å². The number of morpholine rings is 1. The number of anilines is 1. The molecule has 1 aromatic heterocycles. The van der Waals surface area contributed by atoms with Crippen LogP contribution in [0.25, 0.3) is 0 Å². The molecule has 2 heterocycles. The van der Waals surface area contributed by atoms with Gasteiger partial charge in [0.1, 0.15) is 10.8 Å². The fourth-order valence-electron chi connectivity index (χ4n) is 2.09. The predicted octanol–water partition coefficient (Wildman–Crippen LogP) is 3.29. The van der Waals surface area contributed by atoms with E-state index in [2.05, 4.69) is 4.98 Å². The van der Waals surface area contributed by atoms with E-state index >= 15 is 0 Å². The standard InChI is InChI=1S/C12H15ClF2N2O/c1-12(2)7-17(5-6-18-12)8-3-4-9(13)16-10(8)11(14)15/h3-4,11H,5-7H2,1-2H3. The molecule has 18 heavy (non-hydrogen) atoms. The normalized spacial score (nSPS) is 19.3. The van der Waals surface area contributed by atoms with Gasteiger partial charge < -0.3 is 9.64 Å². The number of rotatable bonds is 2. The van der Waals surface area contributed by atoms with Crippen LogP contribution in [0.1, 0.15) is 26.0 Å². The molecule has 1 aromatic rings. The van der Waals surface area contributed by atoms with Gasteiger partial charge in [-0.2, -0.15) is 0 Å². The number of ether oxygens (including phenoxy) is 1. The van der Waals surface area contributed by atoms with Gasteiger partial charge in [0.15, 0.2) is 0 Å². The molecule has 2 rings (SSSR count). The summed E-state index contributed by atoms with van der Waals surface area (Å²) in [6.07, 6.45) is -2.63. The van der Waals surface area contributed by atoms with Gasteiger partial charge in [-0.25, -0.2) is 13.8 Å². The maximum Gasteiger partial charge on any atom is 0.282 e. The average Bonchev–Trinajstić information content (AvgIpc) is 2.27. The van der Waals surface area contributed by atoms with Crippen LogP contribution in [-0.2, 0) is 4.74 Å². The van der Waals surface area contributed by atoms with E-state index < -0.39 is 6.43 Å². The summed E-state index contributed by atoms with van der Waals surface area (Å²) in [6.45, 7) is 5.51. The van der Waals surface area contributed by atoms with Crippen LogP contribution in [0, 0.1) is 0 Å². The summed E-state index contributed by atoms with van der Waals surface area (Å²) in [6, 6.07) is 3.13. The van der Waals surface area contributed by atoms with Crippen molar-refractivity contribution in [3.05, 3.63) is 23.0 Å². The van der Waals surface area contributed by atoms with Gasteiger partial charge in [-0.15, -0.1) is 0 Å². The molecule has 1 aliphatic heterocycles. The Hall–Kier alpha value is -0.940. The number of hydrogen-bond donors (Lipinski definition) is 0. The Morgan fingerprint density at radius 2 is 2.17 bits per heavy atom. The Bertz CT molecular complexity index is 440. The van der Waals surface area contributed by atoms with Crippen LogP contribution in [0.4, 0.5) is 14.5 Å². The molecular weight excluding hydrogens is 262 g/mol. The van der Waals surface area contributed by atoms with Crippen LogP contribution >= 0.6 is 11.6 Å². The number of alkyl halides is 2. The van der Waals surface area contributed by atoms with E-state index in [4.69, 9.17) is 16.3 Å². The molecule has 6 heteroatoms. The van der Waals surface area contributed by atoms with Crippen molar-refractivity contribution >= 4 is 17.3 Å². The molecule has 1 fully saturated rings. The molecule has 1 aliphatic rings. The Balaban J connectivity index is 2.32. The number of pyridine rings is 1. The second kappa shape index (κ2) is 4.97. The zero-order valence-corrected chi connectivity index (χ0v) is 11.0. The van der Waals surface area contributed by atoms with E-state index in [0.717, 1.165) is 0 Å². The van der Waals surface area contributed by atoms with Gasteiger partial charge in [-0.1, -0.05) is 11.6 Å². The summed E-state index contributed by atoms with van der Waals surface area (Å²) in [7, 11) is 0. The molecule has 0 aliphatic carbocycles. The first-order chi connectivity index (χ1) is 8.39. The molecule has 0 unspecified atom stereocenters. The first kappa shape index (κ1) is 13.5. The third-order valence-corrected chi connectivity index (χ3v) is 3.05. The molecule has 1 saturated heterocycles. The van der Waals surface area contributed by atoms with E-state index in [-0.39, 0.29) is 16.4 Å². The summed E-state index contributed by atoms with van der Waals surface area (Å²) in [5, 5.41) is 0.0848. The molecule has 0 N–H and O–H groups in total. The minimum absolute atomic E-state index is 0.0848. The lowest BCUT2D eigenvalue weighted by molar-refractivity contribution is -0.0279. The van der Waals surface area contributed by atoms with Crippen LogP contribution in [-0.4, -0.2) is 30.3 Å². The Labute approximate surface area is 110 Å². The Morgan fingerprint density at radius 1 is 1.44 bits per heavy atom. The van der Waals surface area contributed by atoms with E-state index in [9.17, 15) is 8.78 Å². The zero-order chi connectivity index (χ0) is 13.3. The molecule has 0 spiro atoms. The van der Waals surface area contributed by atoms with Crippen LogP contribution in [0.2, 0.25) is 5.15 Å². The fraction of sp³-hybridized carbons (Fsp3) is 0.583. The summed E-state index contributed by atoms with van der Waals surface area (Å²) in [5.41, 5.74) is -0.178. The summed E-state index contributed by atoms with van der Waals surface area (Å²) < 4.78 is 31.5. The third-order valence-electron chi connectivity index (χ3n) is 2.84. The summed E-state index contributed by atoms with van der Waals surface area (Å²) in [4.78, 5) is 5.60. The molecule has 0 atom stereocenters. The van der Waals surface area contributed by atoms with Gasteiger partial charge >= 0.3 is 0 Å². The number of hydrogen-bond acceptors (Lipinski definition) is 3. The predicted molar refractivity (Wildman–Crippen MR) is 66.4 cm³/mol. The minimum Gasteiger partial charge on any atom is -0.372 e. The zero-order valence-electron chi connectivity index (χ0n) is 10.3. The van der Waals surface area contributed by atoms with Gasteiger partial charge in [-0.3, -0.25) is 0 Å². The molecule has 0 radical (unpaired) electrons. The van der Waals surface area contributed by atoms with Crippen molar-refractivity contribution in [3.8, 4) is 0 Å². The van der Waals surface area contributed by atoms with Crippen molar-refractivity contribution in [2.45, 2.75) is 25.9 Å². The highest BCUT2D eigenvalue weighted by Gasteiger charge is 2.30. The summed E-state index contributed by atoms with van der Waals surface area (Å²) >= 11 is 5.67. The number of nitrogens with zero attached hydrogens (tertiary/aromatic N) is 2. The maximum atomic E-state index is 13.0. The minimum atomic E-state index is -2.63. The highest BCUT2D eigenvalue weighted by Crippen LogP contribution is 2.32. The van der Waals surface area contributed by atoms with Crippen molar-refractivity contribution in [3.63, 3.8) is 0 Å². The SMILES string of the molecule is CC1(C)CN(c2ccc(Cl)nc2C(F)F)CCO1. The second-order valence-electron chi connectivity index (χ2n) is 4.87. The molecule has 0 bridgehead atoms. The first-order valence-corrected chi connectivity index (χ1v) is 6.10. The van der Waals surface area contributed by atoms with Gasteiger partial charge in [0, 0.05) is 13.1 Å². The van der Waals surface area contributed by atoms with Crippen molar-refractivity contribution in [1.82, 2.24) is 4.98 Å². The van der Waals surface area contributed by atoms with Gasteiger partial charge in [0.05, 0.1) is 17.9 Å². The van der Waals surface area contributed by atoms with E-state index in [1.165, 1.54) is 6.07 Å². The fourth-order valence-corrected chi connectivity index (χ4v) is 2.25. The van der Waals surface area contributed by atoms with E-state index in [1.54, 1.807) is 6.07 Å². The van der Waals surface area contributed by atoms with Gasteiger partial charge in [-0.05, 0) is 26.0 Å². The lowest BCUT2D eigenvalue weighted by Gasteiger charge is -2.39. The molecule has 100 valence electrons. The first-order valence-electron chi connectivity index (χ1n) is 5.72. The molecule has 3 nitrogen and oxygen atoms in total. The quantitative estimate of drug-likeness (QED) is 0.775. The van der Waals surface area contributed by atoms with Crippen LogP contribution in [0.15, 0.2) is 12.1 Å². The maximum absolute atomic E-state index is 13.0. The monoisotopic (exact) mass is 276 g/mol. The molecule has 0 saturated carbocycles. The van der Waals surface area contributed by atoms with Crippen molar-refractivity contribution in [1.29, 1.82) is 0 Å². The van der Waals surface area contributed by atoms with Crippen LogP contribution < -0.4 is 4.90 Å². The number of aromatic nitrogens is 1. The summed E-state index contributed by atoms with van der Waals surface area (Å²) in [5.74, 6) is 0. The molecule has 0 aromatic carbocycles. The molecular formula is C12H15ClF2N2O. The number of halogens is 3. The third kappa shape index (κ3) is 2.90. The van der Waals surface area contributed by atoms with E-state index in [0.29, 0.717) is 25.4 Å². The Morgan fingerprint density at radius 3 is 2.78 bits per heavy atom. The van der Waals surface area contributed by atoms with Gasteiger partial charge in [0.2, 0.25) is 0 Å².